The Kier molecular flexibility index (Phi) is 14.2. The van der Waals surface area contributed by atoms with Gasteiger partial charge in [0.05, 0.1) is 36.5 Å². The molecule has 1 aromatic rings. The summed E-state index contributed by atoms with van der Waals surface area (Å²) in [5, 5.41) is 7.90. The number of nitrogens with one attached hydrogen (secondary N) is 1. The van der Waals surface area contributed by atoms with E-state index in [1.165, 1.54) is 17.8 Å². The Bertz CT molecular complexity index is 1170. The van der Waals surface area contributed by atoms with Gasteiger partial charge in [0.1, 0.15) is 34.9 Å². The van der Waals surface area contributed by atoms with Gasteiger partial charge in [0.25, 0.3) is 0 Å². The maximum Gasteiger partial charge on any atom is 0.339 e. The lowest BCUT2D eigenvalue weighted by Gasteiger charge is -2.30. The van der Waals surface area contributed by atoms with Crippen LogP contribution in [0.15, 0.2) is 31.5 Å². The zero-order valence-electron chi connectivity index (χ0n) is 27.5. The van der Waals surface area contributed by atoms with Gasteiger partial charge in [-0.15, -0.1) is 11.8 Å². The van der Waals surface area contributed by atoms with Gasteiger partial charge in [-0.1, -0.05) is 18.5 Å². The SMILES string of the molecule is CCC[C@@H](NC(=O)C1CSC(/C(C)=N/OCCCCOP(OC(C)(C)C)OC(C)(C)C)=N1)c1cc(OCC2CC2)cc(=O)o1. The van der Waals surface area contributed by atoms with Crippen molar-refractivity contribution in [3.05, 3.63) is 28.3 Å². The van der Waals surface area contributed by atoms with Gasteiger partial charge in [0.15, 0.2) is 0 Å². The number of hydrogen-bond acceptors (Lipinski definition) is 11. The first kappa shape index (κ1) is 36.5. The fourth-order valence-electron chi connectivity index (χ4n) is 3.88. The highest BCUT2D eigenvalue weighted by molar-refractivity contribution is 8.16. The second-order valence-corrected chi connectivity index (χ2v) is 15.1. The van der Waals surface area contributed by atoms with E-state index in [2.05, 4.69) is 15.5 Å². The van der Waals surface area contributed by atoms with Crippen LogP contribution < -0.4 is 15.7 Å². The molecule has 3 rings (SSSR count). The van der Waals surface area contributed by atoms with Crippen molar-refractivity contribution in [2.75, 3.05) is 25.6 Å². The van der Waals surface area contributed by atoms with Gasteiger partial charge in [-0.05, 0) is 86.5 Å². The Balaban J connectivity index is 1.45. The fraction of sp³-hybridized carbons (Fsp3) is 0.742. The molecule has 2 aliphatic rings. The number of carbonyl (C=O) groups excluding carboxylic acids is 1. The lowest BCUT2D eigenvalue weighted by Crippen LogP contribution is -2.37. The van der Waals surface area contributed by atoms with Crippen molar-refractivity contribution >= 4 is 37.0 Å². The van der Waals surface area contributed by atoms with Crippen molar-refractivity contribution in [3.63, 3.8) is 0 Å². The molecule has 2 heterocycles. The van der Waals surface area contributed by atoms with Crippen LogP contribution in [0.25, 0.3) is 0 Å². The molecule has 0 spiro atoms. The average Bonchev–Trinajstić information content (AvgIpc) is 3.61. The van der Waals surface area contributed by atoms with Gasteiger partial charge in [-0.3, -0.25) is 9.79 Å². The normalized spacial score (nSPS) is 18.3. The number of nitrogens with zero attached hydrogens (tertiary/aromatic N) is 2. The van der Waals surface area contributed by atoms with E-state index in [1.54, 1.807) is 6.07 Å². The monoisotopic (exact) mass is 655 g/mol. The summed E-state index contributed by atoms with van der Waals surface area (Å²) in [7, 11) is -1.46. The molecule has 1 fully saturated rings. The molecule has 1 N–H and O–H groups in total. The minimum atomic E-state index is -1.46. The third kappa shape index (κ3) is 14.0. The molecule has 11 nitrogen and oxygen atoms in total. The zero-order valence-corrected chi connectivity index (χ0v) is 29.2. The van der Waals surface area contributed by atoms with Crippen LogP contribution in [0.4, 0.5) is 0 Å². The smallest absolute Gasteiger partial charge is 0.339 e. The fourth-order valence-corrected chi connectivity index (χ4v) is 6.19. The summed E-state index contributed by atoms with van der Waals surface area (Å²) < 4.78 is 29.0. The van der Waals surface area contributed by atoms with Crippen LogP contribution >= 0.6 is 20.4 Å². The molecule has 13 heteroatoms. The maximum absolute atomic E-state index is 13.1. The molecule has 2 atom stereocenters. The van der Waals surface area contributed by atoms with Crippen LogP contribution in [0.1, 0.15) is 106 Å². The molecular formula is C31H50N3O8PS. The first-order valence-corrected chi connectivity index (χ1v) is 17.6. The minimum Gasteiger partial charge on any atom is -0.493 e. The summed E-state index contributed by atoms with van der Waals surface area (Å²) in [6, 6.07) is 2.04. The Labute approximate surface area is 267 Å². The van der Waals surface area contributed by atoms with E-state index < -0.39 is 26.3 Å². The molecular weight excluding hydrogens is 605 g/mol. The van der Waals surface area contributed by atoms with E-state index in [0.29, 0.717) is 60.2 Å². The molecule has 1 aliphatic heterocycles. The number of amides is 1. The zero-order chi connectivity index (χ0) is 32.3. The highest BCUT2D eigenvalue weighted by Gasteiger charge is 2.30. The lowest BCUT2D eigenvalue weighted by atomic mass is 10.1. The number of carbonyl (C=O) groups is 1. The summed E-state index contributed by atoms with van der Waals surface area (Å²) in [6.45, 7) is 17.2. The first-order valence-electron chi connectivity index (χ1n) is 15.5. The van der Waals surface area contributed by atoms with Crippen LogP contribution in [0, 0.1) is 5.92 Å². The van der Waals surface area contributed by atoms with Crippen LogP contribution in [-0.2, 0) is 23.2 Å². The van der Waals surface area contributed by atoms with E-state index in [-0.39, 0.29) is 17.1 Å². The summed E-state index contributed by atoms with van der Waals surface area (Å²) in [4.78, 5) is 35.4. The first-order chi connectivity index (χ1) is 20.7. The number of hydrogen-bond donors (Lipinski definition) is 1. The molecule has 0 aromatic carbocycles. The Morgan fingerprint density at radius 2 is 1.82 bits per heavy atom. The van der Waals surface area contributed by atoms with E-state index >= 15 is 0 Å². The molecule has 1 saturated carbocycles. The number of thioether (sulfide) groups is 1. The molecule has 1 unspecified atom stereocenters. The Hall–Kier alpha value is -1.98. The predicted octanol–water partition coefficient (Wildman–Crippen LogP) is 6.95. The Morgan fingerprint density at radius 3 is 2.45 bits per heavy atom. The maximum atomic E-state index is 13.1. The second kappa shape index (κ2) is 17.1. The molecule has 248 valence electrons. The van der Waals surface area contributed by atoms with Gasteiger partial charge in [0, 0.05) is 11.8 Å². The van der Waals surface area contributed by atoms with E-state index in [0.717, 1.165) is 32.1 Å². The lowest BCUT2D eigenvalue weighted by molar-refractivity contribution is -0.122. The van der Waals surface area contributed by atoms with Crippen molar-refractivity contribution in [1.82, 2.24) is 5.32 Å². The summed E-state index contributed by atoms with van der Waals surface area (Å²) in [5.74, 6) is 1.70. The number of aliphatic imine (C=N–C) groups is 1. The number of oxime groups is 1. The number of unbranched alkanes of at least 4 members (excludes halogenated alkanes) is 1. The molecule has 0 bridgehead atoms. The van der Waals surface area contributed by atoms with Crippen LogP contribution in [0.3, 0.4) is 0 Å². The third-order valence-electron chi connectivity index (χ3n) is 6.17. The largest absolute Gasteiger partial charge is 0.493 e. The van der Waals surface area contributed by atoms with Crippen molar-refractivity contribution in [2.45, 2.75) is 117 Å². The summed E-state index contributed by atoms with van der Waals surface area (Å²) in [5.41, 5.74) is -0.595. The van der Waals surface area contributed by atoms with Crippen molar-refractivity contribution < 1.29 is 32.4 Å². The molecule has 1 aliphatic carbocycles. The predicted molar refractivity (Wildman–Crippen MR) is 176 cm³/mol. The molecule has 1 amide bonds. The average molecular weight is 656 g/mol. The highest BCUT2D eigenvalue weighted by Crippen LogP contribution is 2.47. The van der Waals surface area contributed by atoms with Gasteiger partial charge in [0.2, 0.25) is 5.91 Å². The quantitative estimate of drug-likeness (QED) is 0.0773. The van der Waals surface area contributed by atoms with E-state index in [1.807, 2.05) is 55.4 Å². The van der Waals surface area contributed by atoms with Crippen LogP contribution in [0.2, 0.25) is 0 Å². The van der Waals surface area contributed by atoms with Gasteiger partial charge in [-0.2, -0.15) is 0 Å². The second-order valence-electron chi connectivity index (χ2n) is 13.1. The van der Waals surface area contributed by atoms with Gasteiger partial charge >= 0.3 is 14.2 Å². The molecule has 1 aromatic heterocycles. The van der Waals surface area contributed by atoms with Crippen LogP contribution in [-0.4, -0.2) is 59.5 Å². The summed E-state index contributed by atoms with van der Waals surface area (Å²) in [6.07, 6.45) is 5.23. The molecule has 44 heavy (non-hydrogen) atoms. The van der Waals surface area contributed by atoms with E-state index in [9.17, 15) is 9.59 Å². The minimum absolute atomic E-state index is 0.225. The van der Waals surface area contributed by atoms with Gasteiger partial charge in [-0.25, -0.2) is 4.79 Å². The van der Waals surface area contributed by atoms with Crippen molar-refractivity contribution in [2.24, 2.45) is 16.1 Å². The van der Waals surface area contributed by atoms with E-state index in [4.69, 9.17) is 27.6 Å². The third-order valence-corrected chi connectivity index (χ3v) is 9.11. The van der Waals surface area contributed by atoms with Crippen LogP contribution in [0.5, 0.6) is 5.75 Å². The molecule has 0 radical (unpaired) electrons. The van der Waals surface area contributed by atoms with Gasteiger partial charge < -0.3 is 32.9 Å². The van der Waals surface area contributed by atoms with Crippen molar-refractivity contribution in [1.29, 1.82) is 0 Å². The standard InChI is InChI=1S/C31H50N3O8PS/c1-9-12-24(26-17-23(18-27(35)40-26)37-19-22-13-14-22)32-28(36)25-20-44-29(33-25)21(2)34-38-15-10-11-16-39-43(41-30(3,4)5)42-31(6,7)8/h17-18,22,24-25H,9-16,19-20H2,1-8H3,(H,32,36)/b34-21+/t24-,25?/m1/s1. The summed E-state index contributed by atoms with van der Waals surface area (Å²) >= 11 is 1.47. The molecule has 0 saturated heterocycles. The van der Waals surface area contributed by atoms with Crippen molar-refractivity contribution in [3.8, 4) is 5.75 Å². The topological polar surface area (TPSA) is 130 Å². The Morgan fingerprint density at radius 1 is 1.14 bits per heavy atom. The number of rotatable bonds is 18. The number of ether oxygens (including phenoxy) is 1. The highest BCUT2D eigenvalue weighted by atomic mass is 32.2.